The third kappa shape index (κ3) is 2.60. The molecule has 0 bridgehead atoms. The Balaban J connectivity index is 2.01. The van der Waals surface area contributed by atoms with Crippen molar-refractivity contribution in [2.45, 2.75) is 18.6 Å². The molecular weight excluding hydrogens is 221 g/mol. The number of halogens is 3. The zero-order valence-corrected chi connectivity index (χ0v) is 8.38. The van der Waals surface area contributed by atoms with Gasteiger partial charge < -0.3 is 10.6 Å². The van der Waals surface area contributed by atoms with Crippen LogP contribution in [0.25, 0.3) is 0 Å². The van der Waals surface area contributed by atoms with Crippen molar-refractivity contribution < 1.29 is 13.2 Å². The second kappa shape index (κ2) is 4.25. The Morgan fingerprint density at radius 3 is 2.50 bits per heavy atom. The van der Waals surface area contributed by atoms with Gasteiger partial charge in [0.15, 0.2) is 0 Å². The Bertz CT molecular complexity index is 343. The normalized spacial score (nSPS) is 21.1. The van der Waals surface area contributed by atoms with Crippen LogP contribution in [0.4, 0.5) is 19.1 Å². The van der Waals surface area contributed by atoms with E-state index in [-0.39, 0.29) is 12.0 Å². The minimum Gasteiger partial charge on any atom is -0.350 e. The minimum absolute atomic E-state index is 0.191. The Hall–Kier alpha value is -1.37. The van der Waals surface area contributed by atoms with Crippen molar-refractivity contribution in [3.8, 4) is 0 Å². The summed E-state index contributed by atoms with van der Waals surface area (Å²) in [6.45, 7) is 1.68. The van der Waals surface area contributed by atoms with Gasteiger partial charge in [0.1, 0.15) is 0 Å². The molecule has 1 aliphatic heterocycles. The largest absolute Gasteiger partial charge is 0.419 e. The highest BCUT2D eigenvalue weighted by Crippen LogP contribution is 2.28. The number of anilines is 1. The van der Waals surface area contributed by atoms with Crippen LogP contribution in [0.3, 0.4) is 0 Å². The summed E-state index contributed by atoms with van der Waals surface area (Å²) in [5, 5.41) is 6.10. The lowest BCUT2D eigenvalue weighted by atomic mass is 10.3. The van der Waals surface area contributed by atoms with Crippen LogP contribution in [0, 0.1) is 0 Å². The molecule has 1 aromatic heterocycles. The van der Waals surface area contributed by atoms with E-state index in [0.29, 0.717) is 0 Å². The van der Waals surface area contributed by atoms with E-state index < -0.39 is 11.7 Å². The molecule has 0 saturated carbocycles. The third-order valence-corrected chi connectivity index (χ3v) is 2.37. The molecule has 0 spiro atoms. The summed E-state index contributed by atoms with van der Waals surface area (Å²) in [4.78, 5) is 7.28. The molecular formula is C9H11F3N4. The van der Waals surface area contributed by atoms with Gasteiger partial charge in [-0.3, -0.25) is 0 Å². The highest BCUT2D eigenvalue weighted by atomic mass is 19.4. The predicted molar refractivity (Wildman–Crippen MR) is 51.9 cm³/mol. The van der Waals surface area contributed by atoms with Gasteiger partial charge in [-0.2, -0.15) is 13.2 Å². The maximum Gasteiger partial charge on any atom is 0.419 e. The Kier molecular flexibility index (Phi) is 2.95. The smallest absolute Gasteiger partial charge is 0.350 e. The first-order chi connectivity index (χ1) is 7.55. The third-order valence-electron chi connectivity index (χ3n) is 2.37. The van der Waals surface area contributed by atoms with E-state index in [1.807, 2.05) is 0 Å². The molecule has 0 aliphatic carbocycles. The average Bonchev–Trinajstić information content (AvgIpc) is 2.70. The van der Waals surface area contributed by atoms with Crippen LogP contribution in [-0.2, 0) is 6.18 Å². The molecule has 1 fully saturated rings. The van der Waals surface area contributed by atoms with Gasteiger partial charge in [-0.25, -0.2) is 9.97 Å². The fourth-order valence-electron chi connectivity index (χ4n) is 1.51. The van der Waals surface area contributed by atoms with E-state index >= 15 is 0 Å². The number of hydrogen-bond acceptors (Lipinski definition) is 4. The fraction of sp³-hybridized carbons (Fsp3) is 0.556. The molecule has 1 aliphatic rings. The second-order valence-electron chi connectivity index (χ2n) is 3.63. The first-order valence-electron chi connectivity index (χ1n) is 4.92. The standard InChI is InChI=1S/C9H11F3N4/c10-9(11,12)6-3-14-8(15-4-6)16-7-1-2-13-5-7/h3-4,7,13H,1-2,5H2,(H,14,15,16). The van der Waals surface area contributed by atoms with Crippen LogP contribution in [0.1, 0.15) is 12.0 Å². The maximum absolute atomic E-state index is 12.2. The van der Waals surface area contributed by atoms with Crippen LogP contribution in [0.2, 0.25) is 0 Å². The SMILES string of the molecule is FC(F)(F)c1cnc(NC2CCNC2)nc1. The van der Waals surface area contributed by atoms with Crippen molar-refractivity contribution in [3.63, 3.8) is 0 Å². The Morgan fingerprint density at radius 2 is 2.00 bits per heavy atom. The molecule has 2 N–H and O–H groups in total. The van der Waals surface area contributed by atoms with Gasteiger partial charge in [-0.15, -0.1) is 0 Å². The van der Waals surface area contributed by atoms with Crippen molar-refractivity contribution in [2.75, 3.05) is 18.4 Å². The highest BCUT2D eigenvalue weighted by molar-refractivity contribution is 5.27. The van der Waals surface area contributed by atoms with Crippen molar-refractivity contribution in [1.29, 1.82) is 0 Å². The summed E-state index contributed by atoms with van der Waals surface area (Å²) >= 11 is 0. The van der Waals surface area contributed by atoms with E-state index in [9.17, 15) is 13.2 Å². The summed E-state index contributed by atoms with van der Waals surface area (Å²) in [5.41, 5.74) is -0.831. The fourth-order valence-corrected chi connectivity index (χ4v) is 1.51. The minimum atomic E-state index is -4.38. The van der Waals surface area contributed by atoms with Crippen LogP contribution in [0.5, 0.6) is 0 Å². The zero-order valence-electron chi connectivity index (χ0n) is 8.38. The van der Waals surface area contributed by atoms with Crippen molar-refractivity contribution in [3.05, 3.63) is 18.0 Å². The molecule has 4 nitrogen and oxygen atoms in total. The Morgan fingerprint density at radius 1 is 1.31 bits per heavy atom. The van der Waals surface area contributed by atoms with Gasteiger partial charge in [0, 0.05) is 25.0 Å². The molecule has 0 amide bonds. The second-order valence-corrected chi connectivity index (χ2v) is 3.63. The molecule has 16 heavy (non-hydrogen) atoms. The van der Waals surface area contributed by atoms with Gasteiger partial charge in [-0.05, 0) is 13.0 Å². The van der Waals surface area contributed by atoms with Crippen molar-refractivity contribution in [2.24, 2.45) is 0 Å². The van der Waals surface area contributed by atoms with E-state index in [1.54, 1.807) is 0 Å². The molecule has 1 unspecified atom stereocenters. The summed E-state index contributed by atoms with van der Waals surface area (Å²) < 4.78 is 36.6. The quantitative estimate of drug-likeness (QED) is 0.806. The van der Waals surface area contributed by atoms with E-state index in [4.69, 9.17) is 0 Å². The van der Waals surface area contributed by atoms with Gasteiger partial charge in [-0.1, -0.05) is 0 Å². The number of alkyl halides is 3. The van der Waals surface area contributed by atoms with E-state index in [0.717, 1.165) is 31.9 Å². The van der Waals surface area contributed by atoms with Gasteiger partial charge in [0.05, 0.1) is 5.56 Å². The van der Waals surface area contributed by atoms with E-state index in [1.165, 1.54) is 0 Å². The monoisotopic (exact) mass is 232 g/mol. The molecule has 2 heterocycles. The number of rotatable bonds is 2. The summed E-state index contributed by atoms with van der Waals surface area (Å²) in [5.74, 6) is 0.238. The van der Waals surface area contributed by atoms with E-state index in [2.05, 4.69) is 20.6 Å². The summed E-state index contributed by atoms with van der Waals surface area (Å²) in [7, 11) is 0. The number of hydrogen-bond donors (Lipinski definition) is 2. The Labute approximate surface area is 90.3 Å². The first-order valence-corrected chi connectivity index (χ1v) is 4.92. The van der Waals surface area contributed by atoms with Crippen LogP contribution >= 0.6 is 0 Å². The van der Waals surface area contributed by atoms with Gasteiger partial charge >= 0.3 is 6.18 Å². The topological polar surface area (TPSA) is 49.8 Å². The van der Waals surface area contributed by atoms with Crippen molar-refractivity contribution in [1.82, 2.24) is 15.3 Å². The lowest BCUT2D eigenvalue weighted by Crippen LogP contribution is -2.23. The molecule has 1 saturated heterocycles. The number of nitrogens with one attached hydrogen (secondary N) is 2. The molecule has 1 aromatic rings. The number of aromatic nitrogens is 2. The maximum atomic E-state index is 12.2. The van der Waals surface area contributed by atoms with Crippen LogP contribution in [-0.4, -0.2) is 29.1 Å². The predicted octanol–water partition coefficient (Wildman–Crippen LogP) is 1.27. The van der Waals surface area contributed by atoms with Crippen molar-refractivity contribution >= 4 is 5.95 Å². The molecule has 0 aromatic carbocycles. The lowest BCUT2D eigenvalue weighted by Gasteiger charge is -2.11. The summed E-state index contributed by atoms with van der Waals surface area (Å²) in [6.07, 6.45) is -1.88. The average molecular weight is 232 g/mol. The molecule has 0 radical (unpaired) electrons. The van der Waals surface area contributed by atoms with Gasteiger partial charge in [0.25, 0.3) is 0 Å². The zero-order chi connectivity index (χ0) is 11.6. The van der Waals surface area contributed by atoms with Crippen LogP contribution < -0.4 is 10.6 Å². The number of nitrogens with zero attached hydrogens (tertiary/aromatic N) is 2. The molecule has 88 valence electrons. The highest BCUT2D eigenvalue weighted by Gasteiger charge is 2.31. The summed E-state index contributed by atoms with van der Waals surface area (Å²) in [6, 6.07) is 0.191. The molecule has 1 atom stereocenters. The van der Waals surface area contributed by atoms with Gasteiger partial charge in [0.2, 0.25) is 5.95 Å². The van der Waals surface area contributed by atoms with Crippen LogP contribution in [0.15, 0.2) is 12.4 Å². The lowest BCUT2D eigenvalue weighted by molar-refractivity contribution is -0.138. The molecule has 7 heteroatoms. The molecule has 2 rings (SSSR count). The first kappa shape index (κ1) is 11.1.